The van der Waals surface area contributed by atoms with Crippen LogP contribution in [0.2, 0.25) is 36.3 Å². The molecule has 1 fully saturated rings. The van der Waals surface area contributed by atoms with Gasteiger partial charge in [0.15, 0.2) is 22.4 Å². The zero-order chi connectivity index (χ0) is 23.8. The highest BCUT2D eigenvalue weighted by atomic mass is 28.4. The van der Waals surface area contributed by atoms with E-state index in [0.717, 1.165) is 12.8 Å². The molecule has 0 radical (unpaired) electrons. The van der Waals surface area contributed by atoms with E-state index in [1.807, 2.05) is 20.8 Å². The smallest absolute Gasteiger partial charge is 0.384 e. The van der Waals surface area contributed by atoms with E-state index in [4.69, 9.17) is 13.6 Å². The van der Waals surface area contributed by atoms with Crippen molar-refractivity contribution in [1.82, 2.24) is 0 Å². The Bertz CT molecular complexity index is 651. The molecule has 1 atom stereocenters. The fourth-order valence-electron chi connectivity index (χ4n) is 2.85. The number of rotatable bonds is 5. The lowest BCUT2D eigenvalue weighted by atomic mass is 9.76. The van der Waals surface area contributed by atoms with Gasteiger partial charge in [0.25, 0.3) is 0 Å². The summed E-state index contributed by atoms with van der Waals surface area (Å²) in [6, 6.07) is 0. The summed E-state index contributed by atoms with van der Waals surface area (Å²) in [6.45, 7) is 28.2. The lowest BCUT2D eigenvalue weighted by Crippen LogP contribution is -2.63. The van der Waals surface area contributed by atoms with Crippen LogP contribution >= 0.6 is 0 Å². The average molecular weight is 455 g/mol. The van der Waals surface area contributed by atoms with Crippen LogP contribution < -0.4 is 0 Å². The number of hydrogen-bond acceptors (Lipinski definition) is 4. The second-order valence-electron chi connectivity index (χ2n) is 12.8. The van der Waals surface area contributed by atoms with Crippen LogP contribution in [-0.4, -0.2) is 34.0 Å². The molecule has 0 aromatic carbocycles. The summed E-state index contributed by atoms with van der Waals surface area (Å²) in [7, 11) is -4.09. The van der Waals surface area contributed by atoms with E-state index in [1.54, 1.807) is 0 Å². The molecule has 0 bridgehead atoms. The third-order valence-electron chi connectivity index (χ3n) is 6.87. The molecule has 6 heteroatoms. The number of ether oxygens (including phenoxy) is 1. The van der Waals surface area contributed by atoms with Crippen molar-refractivity contribution < 1.29 is 18.4 Å². The van der Waals surface area contributed by atoms with Crippen molar-refractivity contribution in [2.75, 3.05) is 0 Å². The zero-order valence-corrected chi connectivity index (χ0v) is 23.8. The highest BCUT2D eigenvalue weighted by Gasteiger charge is 2.57. The molecule has 0 amide bonds. The first-order valence-electron chi connectivity index (χ1n) is 11.2. The maximum absolute atomic E-state index is 12.0. The Morgan fingerprint density at radius 1 is 0.900 bits per heavy atom. The Balaban J connectivity index is 3.13. The monoisotopic (exact) mass is 454 g/mol. The third kappa shape index (κ3) is 6.95. The van der Waals surface area contributed by atoms with Gasteiger partial charge in [-0.3, -0.25) is 0 Å². The maximum Gasteiger partial charge on any atom is 0.384 e. The van der Waals surface area contributed by atoms with Crippen LogP contribution in [0.4, 0.5) is 0 Å². The fourth-order valence-corrected chi connectivity index (χ4v) is 5.90. The molecule has 0 N–H and O–H groups in total. The van der Waals surface area contributed by atoms with Crippen molar-refractivity contribution in [3.63, 3.8) is 0 Å². The van der Waals surface area contributed by atoms with E-state index < -0.39 is 34.0 Å². The zero-order valence-electron chi connectivity index (χ0n) is 21.8. The average Bonchev–Trinajstić information content (AvgIpc) is 2.45. The lowest BCUT2D eigenvalue weighted by molar-refractivity contribution is -0.228. The van der Waals surface area contributed by atoms with E-state index in [1.165, 1.54) is 0 Å². The minimum atomic E-state index is -2.05. The predicted molar refractivity (Wildman–Crippen MR) is 130 cm³/mol. The minimum Gasteiger partial charge on any atom is -0.450 e. The van der Waals surface area contributed by atoms with Gasteiger partial charge in [-0.15, -0.1) is 0 Å². The second kappa shape index (κ2) is 8.73. The molecule has 174 valence electrons. The molecule has 0 aromatic rings. The van der Waals surface area contributed by atoms with Crippen molar-refractivity contribution in [2.24, 2.45) is 5.92 Å². The molecule has 1 saturated carbocycles. The second-order valence-corrected chi connectivity index (χ2v) is 22.2. The summed E-state index contributed by atoms with van der Waals surface area (Å²) in [5, 5.41) is 0.193. The fraction of sp³-hybridized carbons (Fsp3) is 0.875. The number of esters is 1. The van der Waals surface area contributed by atoms with Crippen LogP contribution in [0.15, 0.2) is 0 Å². The summed E-state index contributed by atoms with van der Waals surface area (Å²) in [6.07, 6.45) is 2.49. The highest BCUT2D eigenvalue weighted by Crippen LogP contribution is 2.53. The number of carbonyl (C=O) groups excluding carboxylic acids is 1. The largest absolute Gasteiger partial charge is 0.450 e. The molecule has 1 aliphatic rings. The quantitative estimate of drug-likeness (QED) is 0.149. The van der Waals surface area contributed by atoms with E-state index in [0.29, 0.717) is 6.42 Å². The maximum atomic E-state index is 12.0. The van der Waals surface area contributed by atoms with Crippen LogP contribution in [-0.2, 0) is 18.4 Å². The molecular formula is C24H46O4Si2. The van der Waals surface area contributed by atoms with Gasteiger partial charge in [0.1, 0.15) is 5.60 Å². The Labute approximate surface area is 188 Å². The van der Waals surface area contributed by atoms with Gasteiger partial charge in [-0.25, -0.2) is 4.79 Å². The first-order valence-corrected chi connectivity index (χ1v) is 17.1. The van der Waals surface area contributed by atoms with E-state index in [9.17, 15) is 4.79 Å². The molecular weight excluding hydrogens is 408 g/mol. The van der Waals surface area contributed by atoms with Crippen molar-refractivity contribution in [2.45, 2.75) is 129 Å². The van der Waals surface area contributed by atoms with Gasteiger partial charge in [-0.1, -0.05) is 47.5 Å². The standard InChI is InChI=1S/C24H46O4Si2/c1-21(2,3)26-20(25)16-14-15-19-17-18-24(19,27-29(10,11)22(4,5)6)28-30(12,13)23(7,8)9/h19H,15,17-18H2,1-13H3/t19-/m1/s1. The number of hydrogen-bond donors (Lipinski definition) is 0. The van der Waals surface area contributed by atoms with Gasteiger partial charge < -0.3 is 13.6 Å². The molecule has 0 saturated heterocycles. The number of carbonyl (C=O) groups is 1. The van der Waals surface area contributed by atoms with Crippen molar-refractivity contribution in [1.29, 1.82) is 0 Å². The first-order chi connectivity index (χ1) is 13.1. The predicted octanol–water partition coefficient (Wildman–Crippen LogP) is 6.87. The van der Waals surface area contributed by atoms with Crippen LogP contribution in [0.5, 0.6) is 0 Å². The molecule has 0 unspecified atom stereocenters. The molecule has 0 spiro atoms. The van der Waals surface area contributed by atoms with Gasteiger partial charge in [0.2, 0.25) is 0 Å². The topological polar surface area (TPSA) is 44.8 Å². The van der Waals surface area contributed by atoms with Crippen LogP contribution in [0, 0.1) is 17.8 Å². The SMILES string of the molecule is CC(C)(C)OC(=O)C#CC[C@@H]1CCC1(O[Si](C)(C)C(C)(C)C)O[Si](C)(C)C(C)(C)C. The lowest BCUT2D eigenvalue weighted by Gasteiger charge is -2.58. The van der Waals surface area contributed by atoms with E-state index in [2.05, 4.69) is 79.6 Å². The molecule has 0 aromatic heterocycles. The molecule has 1 rings (SSSR count). The van der Waals surface area contributed by atoms with Gasteiger partial charge in [0.05, 0.1) is 0 Å². The van der Waals surface area contributed by atoms with Gasteiger partial charge in [0, 0.05) is 24.7 Å². The van der Waals surface area contributed by atoms with Gasteiger partial charge in [-0.2, -0.15) is 0 Å². The van der Waals surface area contributed by atoms with E-state index >= 15 is 0 Å². The highest BCUT2D eigenvalue weighted by molar-refractivity contribution is 6.75. The van der Waals surface area contributed by atoms with Gasteiger partial charge in [-0.05, 0) is 63.5 Å². The summed E-state index contributed by atoms with van der Waals surface area (Å²) < 4.78 is 19.3. The van der Waals surface area contributed by atoms with Gasteiger partial charge >= 0.3 is 5.97 Å². The summed E-state index contributed by atoms with van der Waals surface area (Å²) in [5.41, 5.74) is -0.525. The molecule has 0 heterocycles. The molecule has 1 aliphatic carbocycles. The Morgan fingerprint density at radius 3 is 1.63 bits per heavy atom. The van der Waals surface area contributed by atoms with E-state index in [-0.39, 0.29) is 16.0 Å². The van der Waals surface area contributed by atoms with Crippen LogP contribution in [0.3, 0.4) is 0 Å². The molecule has 30 heavy (non-hydrogen) atoms. The van der Waals surface area contributed by atoms with Crippen molar-refractivity contribution in [3.8, 4) is 11.8 Å². The summed E-state index contributed by atoms with van der Waals surface area (Å²) in [4.78, 5) is 12.0. The Hall–Kier alpha value is -0.616. The molecule has 0 aliphatic heterocycles. The Morgan fingerprint density at radius 2 is 1.33 bits per heavy atom. The normalized spacial score (nSPS) is 20.1. The van der Waals surface area contributed by atoms with Crippen molar-refractivity contribution >= 4 is 22.6 Å². The van der Waals surface area contributed by atoms with Crippen LogP contribution in [0.1, 0.15) is 81.6 Å². The first kappa shape index (κ1) is 27.4. The summed E-state index contributed by atoms with van der Waals surface area (Å²) >= 11 is 0. The Kier molecular flexibility index (Phi) is 7.98. The van der Waals surface area contributed by atoms with Crippen LogP contribution in [0.25, 0.3) is 0 Å². The third-order valence-corrected chi connectivity index (χ3v) is 15.8. The molecule has 4 nitrogen and oxygen atoms in total. The summed E-state index contributed by atoms with van der Waals surface area (Å²) in [5.74, 6) is 4.84. The minimum absolute atomic E-state index is 0.0964. The van der Waals surface area contributed by atoms with Crippen molar-refractivity contribution in [3.05, 3.63) is 0 Å².